The molecule has 1 aliphatic heterocycles. The molecule has 2 aromatic carbocycles. The summed E-state index contributed by atoms with van der Waals surface area (Å²) in [7, 11) is 0. The Kier molecular flexibility index (Phi) is 5.16. The van der Waals surface area contributed by atoms with E-state index in [1.165, 1.54) is 5.69 Å². The van der Waals surface area contributed by atoms with Crippen LogP contribution in [0.5, 0.6) is 0 Å². The third-order valence-electron chi connectivity index (χ3n) is 5.85. The lowest BCUT2D eigenvalue weighted by Crippen LogP contribution is -2.49. The maximum absolute atomic E-state index is 13.2. The zero-order valence-electron chi connectivity index (χ0n) is 17.6. The summed E-state index contributed by atoms with van der Waals surface area (Å²) in [5.74, 6) is 1.15. The molecule has 2 aromatic heterocycles. The molecule has 1 fully saturated rings. The molecule has 1 amide bonds. The Labute approximate surface area is 180 Å². The van der Waals surface area contributed by atoms with Crippen molar-refractivity contribution in [3.8, 4) is 11.6 Å². The molecule has 7 heteroatoms. The number of anilines is 1. The van der Waals surface area contributed by atoms with E-state index in [0.29, 0.717) is 31.3 Å². The SMILES string of the molecule is CCc1nnc(-c2cc3ccccc3n2CC(=O)N2CCN(c3ccccc3)CC2)o1. The fourth-order valence-electron chi connectivity index (χ4n) is 4.15. The van der Waals surface area contributed by atoms with Crippen molar-refractivity contribution in [2.75, 3.05) is 31.1 Å². The van der Waals surface area contributed by atoms with Gasteiger partial charge in [0.2, 0.25) is 11.8 Å². The first-order valence-electron chi connectivity index (χ1n) is 10.7. The fourth-order valence-corrected chi connectivity index (χ4v) is 4.15. The highest BCUT2D eigenvalue weighted by atomic mass is 16.4. The van der Waals surface area contributed by atoms with Crippen molar-refractivity contribution in [2.24, 2.45) is 0 Å². The summed E-state index contributed by atoms with van der Waals surface area (Å²) in [5, 5.41) is 9.36. The van der Waals surface area contributed by atoms with E-state index in [-0.39, 0.29) is 12.5 Å². The topological polar surface area (TPSA) is 67.4 Å². The monoisotopic (exact) mass is 415 g/mol. The molecule has 0 bridgehead atoms. The van der Waals surface area contributed by atoms with Crippen molar-refractivity contribution in [2.45, 2.75) is 19.9 Å². The highest BCUT2D eigenvalue weighted by molar-refractivity contribution is 5.88. The number of hydrogen-bond acceptors (Lipinski definition) is 5. The summed E-state index contributed by atoms with van der Waals surface area (Å²) in [4.78, 5) is 17.5. The molecule has 7 nitrogen and oxygen atoms in total. The minimum Gasteiger partial charge on any atom is -0.419 e. The average Bonchev–Trinajstić information content (AvgIpc) is 3.45. The molecule has 0 saturated carbocycles. The smallest absolute Gasteiger partial charge is 0.264 e. The van der Waals surface area contributed by atoms with E-state index >= 15 is 0 Å². The van der Waals surface area contributed by atoms with Gasteiger partial charge in [-0.25, -0.2) is 0 Å². The molecule has 0 aliphatic carbocycles. The van der Waals surface area contributed by atoms with Crippen LogP contribution in [0.4, 0.5) is 5.69 Å². The molecule has 3 heterocycles. The number of nitrogens with zero attached hydrogens (tertiary/aromatic N) is 5. The van der Waals surface area contributed by atoms with E-state index < -0.39 is 0 Å². The molecule has 158 valence electrons. The minimum absolute atomic E-state index is 0.102. The zero-order chi connectivity index (χ0) is 21.2. The second kappa shape index (κ2) is 8.26. The Hall–Kier alpha value is -3.61. The van der Waals surface area contributed by atoms with Gasteiger partial charge >= 0.3 is 0 Å². The number of benzene rings is 2. The third kappa shape index (κ3) is 3.79. The molecule has 0 spiro atoms. The van der Waals surface area contributed by atoms with Gasteiger partial charge in [-0.05, 0) is 24.3 Å². The van der Waals surface area contributed by atoms with Crippen molar-refractivity contribution >= 4 is 22.5 Å². The largest absolute Gasteiger partial charge is 0.419 e. The number of rotatable bonds is 5. The van der Waals surface area contributed by atoms with Crippen LogP contribution >= 0.6 is 0 Å². The number of carbonyl (C=O) groups excluding carboxylic acids is 1. The lowest BCUT2D eigenvalue weighted by molar-refractivity contribution is -0.132. The number of piperazine rings is 1. The molecule has 0 unspecified atom stereocenters. The molecule has 1 saturated heterocycles. The molecule has 5 rings (SSSR count). The van der Waals surface area contributed by atoms with Crippen molar-refractivity contribution in [1.29, 1.82) is 0 Å². The molecule has 4 aromatic rings. The van der Waals surface area contributed by atoms with Crippen LogP contribution in [0.25, 0.3) is 22.5 Å². The molecule has 0 atom stereocenters. The lowest BCUT2D eigenvalue weighted by Gasteiger charge is -2.36. The van der Waals surface area contributed by atoms with E-state index in [1.807, 2.05) is 64.9 Å². The van der Waals surface area contributed by atoms with Crippen LogP contribution in [0.1, 0.15) is 12.8 Å². The van der Waals surface area contributed by atoms with Gasteiger partial charge in [-0.3, -0.25) is 4.79 Å². The van der Waals surface area contributed by atoms with Gasteiger partial charge in [0.25, 0.3) is 5.89 Å². The van der Waals surface area contributed by atoms with Crippen LogP contribution < -0.4 is 4.90 Å². The molecular formula is C24H25N5O2. The molecule has 31 heavy (non-hydrogen) atoms. The fraction of sp³-hybridized carbons (Fsp3) is 0.292. The number of aromatic nitrogens is 3. The van der Waals surface area contributed by atoms with Gasteiger partial charge in [-0.2, -0.15) is 0 Å². The highest BCUT2D eigenvalue weighted by Gasteiger charge is 2.24. The second-order valence-corrected chi connectivity index (χ2v) is 7.73. The van der Waals surface area contributed by atoms with Crippen LogP contribution in [0, 0.1) is 0 Å². The Morgan fingerprint density at radius 3 is 2.45 bits per heavy atom. The quantitative estimate of drug-likeness (QED) is 0.498. The van der Waals surface area contributed by atoms with E-state index in [1.54, 1.807) is 0 Å². The van der Waals surface area contributed by atoms with E-state index in [2.05, 4.69) is 27.2 Å². The number of amides is 1. The molecule has 1 aliphatic rings. The standard InChI is InChI=1S/C24H25N5O2/c1-2-22-25-26-24(31-22)21-16-18-8-6-7-11-20(18)29(21)17-23(30)28-14-12-27(13-15-28)19-9-4-3-5-10-19/h3-11,16H,2,12-15,17H2,1H3. The van der Waals surface area contributed by atoms with Gasteiger partial charge in [0, 0.05) is 49.2 Å². The first-order chi connectivity index (χ1) is 15.2. The lowest BCUT2D eigenvalue weighted by atomic mass is 10.2. The number of hydrogen-bond donors (Lipinski definition) is 0. The van der Waals surface area contributed by atoms with Crippen molar-refractivity contribution in [1.82, 2.24) is 19.7 Å². The maximum atomic E-state index is 13.2. The third-order valence-corrected chi connectivity index (χ3v) is 5.85. The molecule has 0 N–H and O–H groups in total. The number of carbonyl (C=O) groups is 1. The number of fused-ring (bicyclic) bond motifs is 1. The van der Waals surface area contributed by atoms with Crippen molar-refractivity contribution < 1.29 is 9.21 Å². The van der Waals surface area contributed by atoms with Gasteiger partial charge in [0.1, 0.15) is 12.2 Å². The number of aryl methyl sites for hydroxylation is 1. The van der Waals surface area contributed by atoms with E-state index in [0.717, 1.165) is 29.7 Å². The number of para-hydroxylation sites is 2. The van der Waals surface area contributed by atoms with Crippen LogP contribution in [-0.2, 0) is 17.8 Å². The second-order valence-electron chi connectivity index (χ2n) is 7.73. The average molecular weight is 415 g/mol. The zero-order valence-corrected chi connectivity index (χ0v) is 17.6. The summed E-state index contributed by atoms with van der Waals surface area (Å²) >= 11 is 0. The first-order valence-corrected chi connectivity index (χ1v) is 10.7. The first kappa shape index (κ1) is 19.4. The van der Waals surface area contributed by atoms with Crippen LogP contribution in [-0.4, -0.2) is 51.8 Å². The van der Waals surface area contributed by atoms with Crippen molar-refractivity contribution in [3.05, 3.63) is 66.6 Å². The summed E-state index contributed by atoms with van der Waals surface area (Å²) < 4.78 is 7.80. The summed E-state index contributed by atoms with van der Waals surface area (Å²) in [6.07, 6.45) is 0.678. The van der Waals surface area contributed by atoms with Crippen molar-refractivity contribution in [3.63, 3.8) is 0 Å². The van der Waals surface area contributed by atoms with Gasteiger partial charge in [0.05, 0.1) is 0 Å². The van der Waals surface area contributed by atoms with E-state index in [9.17, 15) is 4.79 Å². The summed E-state index contributed by atoms with van der Waals surface area (Å²) in [6.45, 7) is 5.31. The van der Waals surface area contributed by atoms with Crippen LogP contribution in [0.15, 0.2) is 65.1 Å². The normalized spacial score (nSPS) is 14.4. The Morgan fingerprint density at radius 1 is 0.968 bits per heavy atom. The predicted octanol–water partition coefficient (Wildman–Crippen LogP) is 3.60. The van der Waals surface area contributed by atoms with E-state index in [4.69, 9.17) is 4.42 Å². The Balaban J connectivity index is 1.36. The van der Waals surface area contributed by atoms with Crippen LogP contribution in [0.2, 0.25) is 0 Å². The highest BCUT2D eigenvalue weighted by Crippen LogP contribution is 2.28. The summed E-state index contributed by atoms with van der Waals surface area (Å²) in [6, 6.07) is 20.4. The maximum Gasteiger partial charge on any atom is 0.264 e. The van der Waals surface area contributed by atoms with Gasteiger partial charge in [-0.15, -0.1) is 10.2 Å². The summed E-state index contributed by atoms with van der Waals surface area (Å²) in [5.41, 5.74) is 2.98. The Morgan fingerprint density at radius 2 is 1.71 bits per heavy atom. The van der Waals surface area contributed by atoms with Gasteiger partial charge in [0.15, 0.2) is 0 Å². The minimum atomic E-state index is 0.102. The molecular weight excluding hydrogens is 390 g/mol. The van der Waals surface area contributed by atoms with Gasteiger partial charge < -0.3 is 18.8 Å². The van der Waals surface area contributed by atoms with Gasteiger partial charge in [-0.1, -0.05) is 43.3 Å². The van der Waals surface area contributed by atoms with Crippen LogP contribution in [0.3, 0.4) is 0 Å². The Bertz CT molecular complexity index is 1190. The molecule has 0 radical (unpaired) electrons. The predicted molar refractivity (Wildman–Crippen MR) is 120 cm³/mol.